The van der Waals surface area contributed by atoms with Crippen molar-refractivity contribution in [1.82, 2.24) is 24.3 Å². The minimum atomic E-state index is 0.0418. The number of nitrogens with zero attached hydrogens (tertiary/aromatic N) is 5. The normalized spacial score (nSPS) is 11.0. The van der Waals surface area contributed by atoms with Crippen LogP contribution < -0.4 is 4.74 Å². The lowest BCUT2D eigenvalue weighted by Crippen LogP contribution is -2.07. The van der Waals surface area contributed by atoms with Gasteiger partial charge in [0, 0.05) is 40.6 Å². The van der Waals surface area contributed by atoms with Crippen LogP contribution in [-0.4, -0.2) is 43.0 Å². The van der Waals surface area contributed by atoms with Crippen LogP contribution in [0.2, 0.25) is 0 Å². The van der Waals surface area contributed by atoms with Crippen LogP contribution in [0.15, 0.2) is 84.3 Å². The van der Waals surface area contributed by atoms with Gasteiger partial charge in [0.2, 0.25) is 0 Å². The van der Waals surface area contributed by atoms with Gasteiger partial charge in [0.25, 0.3) is 0 Å². The molecular weight excluding hydrogens is 482 g/mol. The lowest BCUT2D eigenvalue weighted by molar-refractivity contribution is 0.102. The van der Waals surface area contributed by atoms with Gasteiger partial charge < -0.3 is 9.30 Å². The molecule has 0 fully saturated rings. The molecule has 37 heavy (non-hydrogen) atoms. The Morgan fingerprint density at radius 2 is 1.73 bits per heavy atom. The maximum absolute atomic E-state index is 13.4. The average Bonchev–Trinajstić information content (AvgIpc) is 3.48. The number of para-hydroxylation sites is 1. The number of hydrogen-bond acceptors (Lipinski definition) is 6. The topological polar surface area (TPSA) is 74.8 Å². The van der Waals surface area contributed by atoms with E-state index in [2.05, 4.69) is 32.7 Å². The van der Waals surface area contributed by atoms with E-state index in [-0.39, 0.29) is 11.5 Å². The summed E-state index contributed by atoms with van der Waals surface area (Å²) < 4.78 is 9.38. The van der Waals surface area contributed by atoms with Crippen LogP contribution in [0.1, 0.15) is 27.3 Å². The third-order valence-corrected chi connectivity index (χ3v) is 7.23. The first-order chi connectivity index (χ1) is 18.0. The summed E-state index contributed by atoms with van der Waals surface area (Å²) in [5.74, 6) is 1.77. The fraction of sp³-hybridized carbons (Fsp3) is 0.172. The van der Waals surface area contributed by atoms with E-state index in [1.807, 2.05) is 79.1 Å². The third-order valence-electron chi connectivity index (χ3n) is 6.30. The number of methoxy groups -OCH3 is 1. The lowest BCUT2D eigenvalue weighted by Gasteiger charge is -2.13. The molecule has 0 amide bonds. The maximum Gasteiger partial charge on any atom is 0.196 e. The van der Waals surface area contributed by atoms with Crippen molar-refractivity contribution in [2.75, 3.05) is 12.9 Å². The van der Waals surface area contributed by atoms with Gasteiger partial charge in [0.1, 0.15) is 5.75 Å². The SMILES string of the molecule is COc1ccc(-n2c(C)cc(C(=O)CSc3nnc(-c4cccnc4)n3-c3ccccc3C)c2C)cc1. The Morgan fingerprint density at radius 1 is 0.946 bits per heavy atom. The fourth-order valence-electron chi connectivity index (χ4n) is 4.46. The largest absolute Gasteiger partial charge is 0.497 e. The number of thioether (sulfide) groups is 1. The summed E-state index contributed by atoms with van der Waals surface area (Å²) in [5, 5.41) is 9.59. The highest BCUT2D eigenvalue weighted by Crippen LogP contribution is 2.30. The van der Waals surface area contributed by atoms with Gasteiger partial charge in [0.15, 0.2) is 16.8 Å². The summed E-state index contributed by atoms with van der Waals surface area (Å²) in [6.07, 6.45) is 3.50. The molecule has 5 aromatic rings. The van der Waals surface area contributed by atoms with Crippen molar-refractivity contribution < 1.29 is 9.53 Å². The first-order valence-corrected chi connectivity index (χ1v) is 12.9. The highest BCUT2D eigenvalue weighted by Gasteiger charge is 2.21. The summed E-state index contributed by atoms with van der Waals surface area (Å²) >= 11 is 1.39. The summed E-state index contributed by atoms with van der Waals surface area (Å²) in [6, 6.07) is 21.7. The highest BCUT2D eigenvalue weighted by atomic mass is 32.2. The van der Waals surface area contributed by atoms with Crippen LogP contribution in [0, 0.1) is 20.8 Å². The number of rotatable bonds is 8. The number of aryl methyl sites for hydroxylation is 2. The van der Waals surface area contributed by atoms with Crippen LogP contribution in [-0.2, 0) is 0 Å². The van der Waals surface area contributed by atoms with E-state index in [1.165, 1.54) is 11.8 Å². The minimum Gasteiger partial charge on any atom is -0.497 e. The van der Waals surface area contributed by atoms with Crippen molar-refractivity contribution in [1.29, 1.82) is 0 Å². The third kappa shape index (κ3) is 4.80. The zero-order valence-electron chi connectivity index (χ0n) is 21.2. The standard InChI is InChI=1S/C29H27N5O2S/c1-19-8-5-6-10-26(19)34-28(22-9-7-15-30-17-22)31-32-29(34)37-18-27(35)25-16-20(2)33(21(25)3)23-11-13-24(36-4)14-12-23/h5-17H,18H2,1-4H3. The Balaban J connectivity index is 1.44. The molecule has 0 aliphatic rings. The van der Waals surface area contributed by atoms with Crippen molar-refractivity contribution >= 4 is 17.5 Å². The molecule has 5 rings (SSSR count). The monoisotopic (exact) mass is 509 g/mol. The molecule has 0 saturated heterocycles. The predicted octanol–water partition coefficient (Wildman–Crippen LogP) is 6.03. The van der Waals surface area contributed by atoms with Gasteiger partial charge in [-0.3, -0.25) is 14.3 Å². The van der Waals surface area contributed by atoms with Gasteiger partial charge in [0.05, 0.1) is 18.6 Å². The van der Waals surface area contributed by atoms with Crippen molar-refractivity contribution in [3.63, 3.8) is 0 Å². The van der Waals surface area contributed by atoms with Crippen LogP contribution in [0.5, 0.6) is 5.75 Å². The van der Waals surface area contributed by atoms with Gasteiger partial charge >= 0.3 is 0 Å². The first-order valence-electron chi connectivity index (χ1n) is 11.9. The molecule has 0 saturated carbocycles. The number of benzene rings is 2. The van der Waals surface area contributed by atoms with Crippen LogP contribution in [0.3, 0.4) is 0 Å². The van der Waals surface area contributed by atoms with Gasteiger partial charge in [-0.1, -0.05) is 30.0 Å². The molecule has 0 aliphatic heterocycles. The van der Waals surface area contributed by atoms with Gasteiger partial charge in [-0.15, -0.1) is 10.2 Å². The van der Waals surface area contributed by atoms with Crippen LogP contribution in [0.4, 0.5) is 0 Å². The molecule has 7 nitrogen and oxygen atoms in total. The molecule has 0 N–H and O–H groups in total. The van der Waals surface area contributed by atoms with Crippen LogP contribution >= 0.6 is 11.8 Å². The first kappa shape index (κ1) is 24.5. The zero-order chi connectivity index (χ0) is 25.9. The smallest absolute Gasteiger partial charge is 0.196 e. The lowest BCUT2D eigenvalue weighted by atomic mass is 10.2. The number of carbonyl (C=O) groups is 1. The van der Waals surface area contributed by atoms with Gasteiger partial charge in [-0.2, -0.15) is 0 Å². The van der Waals surface area contributed by atoms with Gasteiger partial charge in [-0.05, 0) is 74.9 Å². The summed E-state index contributed by atoms with van der Waals surface area (Å²) in [4.78, 5) is 17.7. The second kappa shape index (κ2) is 10.4. The van der Waals surface area contributed by atoms with Gasteiger partial charge in [-0.25, -0.2) is 0 Å². The summed E-state index contributed by atoms with van der Waals surface area (Å²) in [6.45, 7) is 6.04. The average molecular weight is 510 g/mol. The Kier molecular flexibility index (Phi) is 6.92. The molecule has 8 heteroatoms. The van der Waals surface area contributed by atoms with E-state index in [4.69, 9.17) is 4.74 Å². The maximum atomic E-state index is 13.4. The van der Waals surface area contributed by atoms with E-state index >= 15 is 0 Å². The number of hydrogen-bond donors (Lipinski definition) is 0. The van der Waals surface area contributed by atoms with Crippen molar-refractivity contribution in [3.8, 4) is 28.5 Å². The van der Waals surface area contributed by atoms with Crippen LogP contribution in [0.25, 0.3) is 22.8 Å². The second-order valence-corrected chi connectivity index (χ2v) is 9.64. The number of carbonyl (C=O) groups excluding carboxylic acids is 1. The van der Waals surface area contributed by atoms with Crippen molar-refractivity contribution in [3.05, 3.63) is 102 Å². The number of ether oxygens (including phenoxy) is 1. The van der Waals surface area contributed by atoms with E-state index < -0.39 is 0 Å². The Labute approximate surface area is 220 Å². The van der Waals surface area contributed by atoms with Crippen molar-refractivity contribution in [2.45, 2.75) is 25.9 Å². The molecule has 3 heterocycles. The van der Waals surface area contributed by atoms with E-state index in [1.54, 1.807) is 19.5 Å². The second-order valence-electron chi connectivity index (χ2n) is 8.70. The van der Waals surface area contributed by atoms with E-state index in [9.17, 15) is 4.79 Å². The molecule has 0 unspecified atom stereocenters. The number of ketones is 1. The molecular formula is C29H27N5O2S. The number of pyridine rings is 1. The molecule has 0 spiro atoms. The van der Waals surface area contributed by atoms with Crippen molar-refractivity contribution in [2.24, 2.45) is 0 Å². The molecule has 0 aliphatic carbocycles. The molecule has 186 valence electrons. The van der Waals surface area contributed by atoms with E-state index in [0.717, 1.165) is 39.6 Å². The molecule has 3 aromatic heterocycles. The fourth-order valence-corrected chi connectivity index (χ4v) is 5.29. The molecule has 0 bridgehead atoms. The quantitative estimate of drug-likeness (QED) is 0.188. The Morgan fingerprint density at radius 3 is 2.43 bits per heavy atom. The zero-order valence-corrected chi connectivity index (χ0v) is 22.0. The molecule has 2 aromatic carbocycles. The Bertz CT molecular complexity index is 1560. The molecule has 0 radical (unpaired) electrons. The van der Waals surface area contributed by atoms with E-state index in [0.29, 0.717) is 16.5 Å². The summed E-state index contributed by atoms with van der Waals surface area (Å²) in [5.41, 5.74) is 6.52. The highest BCUT2D eigenvalue weighted by molar-refractivity contribution is 7.99. The minimum absolute atomic E-state index is 0.0418. The summed E-state index contributed by atoms with van der Waals surface area (Å²) in [7, 11) is 1.65. The molecule has 0 atom stereocenters. The number of Topliss-reactive ketones (excluding diaryl/α,β-unsaturated/α-hetero) is 1. The number of aromatic nitrogens is 5. The Hall–Kier alpha value is -4.17. The predicted molar refractivity (Wildman–Crippen MR) is 146 cm³/mol.